The van der Waals surface area contributed by atoms with E-state index in [1.807, 2.05) is 51.5 Å². The average molecular weight is 495 g/mol. The summed E-state index contributed by atoms with van der Waals surface area (Å²) in [6, 6.07) is 24.9. The molecule has 190 valence electrons. The summed E-state index contributed by atoms with van der Waals surface area (Å²) in [7, 11) is 4.05. The maximum Gasteiger partial charge on any atom is 0.225 e. The van der Waals surface area contributed by atoms with Gasteiger partial charge >= 0.3 is 0 Å². The van der Waals surface area contributed by atoms with Gasteiger partial charge in [0.25, 0.3) is 0 Å². The number of fused-ring (bicyclic) bond motifs is 1. The number of aryl methyl sites for hydroxylation is 1. The van der Waals surface area contributed by atoms with Crippen LogP contribution in [0.15, 0.2) is 79.0 Å². The lowest BCUT2D eigenvalue weighted by atomic mass is 9.90. The molecule has 0 spiro atoms. The minimum Gasteiger partial charge on any atom is -0.378 e. The standard InChI is InChI=1S/C31H34N4O2/c1-21-8-10-22(11-9-21)19-35-20-24(16-30(35)36)31(37)33-17-27(23-12-14-25(15-13-23)34(2)3)28-18-32-29-7-5-4-6-26(28)29/h4-15,18,24,27,32H,16-17,19-20H2,1-3H3,(H,33,37). The summed E-state index contributed by atoms with van der Waals surface area (Å²) in [5.41, 5.74) is 6.77. The van der Waals surface area contributed by atoms with Gasteiger partial charge in [0.1, 0.15) is 0 Å². The zero-order chi connectivity index (χ0) is 25.9. The molecule has 3 aromatic carbocycles. The molecule has 0 radical (unpaired) electrons. The summed E-state index contributed by atoms with van der Waals surface area (Å²) in [5.74, 6) is -0.377. The fourth-order valence-corrected chi connectivity index (χ4v) is 5.16. The molecule has 2 amide bonds. The molecule has 2 atom stereocenters. The van der Waals surface area contributed by atoms with E-state index in [-0.39, 0.29) is 30.1 Å². The van der Waals surface area contributed by atoms with E-state index < -0.39 is 0 Å². The van der Waals surface area contributed by atoms with Gasteiger partial charge in [-0.3, -0.25) is 9.59 Å². The predicted octanol–water partition coefficient (Wildman–Crippen LogP) is 4.84. The van der Waals surface area contributed by atoms with Gasteiger partial charge in [-0.2, -0.15) is 0 Å². The van der Waals surface area contributed by atoms with Crippen molar-refractivity contribution in [2.45, 2.75) is 25.8 Å². The van der Waals surface area contributed by atoms with Crippen molar-refractivity contribution in [3.8, 4) is 0 Å². The molecule has 2 N–H and O–H groups in total. The van der Waals surface area contributed by atoms with Crippen LogP contribution in [0.2, 0.25) is 0 Å². The zero-order valence-electron chi connectivity index (χ0n) is 21.7. The number of aromatic amines is 1. The molecule has 1 saturated heterocycles. The predicted molar refractivity (Wildman–Crippen MR) is 149 cm³/mol. The second kappa shape index (κ2) is 10.5. The Morgan fingerprint density at radius 3 is 2.51 bits per heavy atom. The molecule has 37 heavy (non-hydrogen) atoms. The molecular weight excluding hydrogens is 460 g/mol. The summed E-state index contributed by atoms with van der Waals surface area (Å²) in [6.45, 7) is 3.50. The number of hydrogen-bond acceptors (Lipinski definition) is 3. The lowest BCUT2D eigenvalue weighted by molar-refractivity contribution is -0.129. The Balaban J connectivity index is 1.31. The van der Waals surface area contributed by atoms with E-state index in [0.717, 1.165) is 33.3 Å². The van der Waals surface area contributed by atoms with Gasteiger partial charge in [-0.15, -0.1) is 0 Å². The van der Waals surface area contributed by atoms with Crippen LogP contribution in [0.4, 0.5) is 5.69 Å². The number of rotatable bonds is 8. The number of H-pyrrole nitrogens is 1. The molecule has 0 saturated carbocycles. The van der Waals surface area contributed by atoms with Crippen molar-refractivity contribution in [3.63, 3.8) is 0 Å². The second-order valence-corrected chi connectivity index (χ2v) is 10.2. The summed E-state index contributed by atoms with van der Waals surface area (Å²) < 4.78 is 0. The lowest BCUT2D eigenvalue weighted by Crippen LogP contribution is -2.35. The first-order valence-corrected chi connectivity index (χ1v) is 12.8. The fourth-order valence-electron chi connectivity index (χ4n) is 5.16. The topological polar surface area (TPSA) is 68.4 Å². The van der Waals surface area contributed by atoms with Crippen molar-refractivity contribution in [3.05, 3.63) is 101 Å². The molecule has 1 aromatic heterocycles. The lowest BCUT2D eigenvalue weighted by Gasteiger charge is -2.21. The number of anilines is 1. The van der Waals surface area contributed by atoms with E-state index in [1.165, 1.54) is 5.56 Å². The molecule has 6 heteroatoms. The van der Waals surface area contributed by atoms with Gasteiger partial charge in [0.15, 0.2) is 0 Å². The van der Waals surface area contributed by atoms with Crippen LogP contribution >= 0.6 is 0 Å². The third-order valence-electron chi connectivity index (χ3n) is 7.37. The summed E-state index contributed by atoms with van der Waals surface area (Å²) in [5, 5.41) is 4.34. The van der Waals surface area contributed by atoms with E-state index in [2.05, 4.69) is 63.7 Å². The zero-order valence-corrected chi connectivity index (χ0v) is 21.7. The minimum atomic E-state index is -0.335. The van der Waals surface area contributed by atoms with Crippen molar-refractivity contribution in [2.24, 2.45) is 5.92 Å². The minimum absolute atomic E-state index is 0.0166. The van der Waals surface area contributed by atoms with Gasteiger partial charge in [0, 0.05) is 68.9 Å². The first-order valence-electron chi connectivity index (χ1n) is 12.8. The normalized spacial score (nSPS) is 16.2. The van der Waals surface area contributed by atoms with Crippen molar-refractivity contribution >= 4 is 28.4 Å². The van der Waals surface area contributed by atoms with E-state index in [1.54, 1.807) is 4.90 Å². The van der Waals surface area contributed by atoms with E-state index in [9.17, 15) is 9.59 Å². The highest BCUT2D eigenvalue weighted by atomic mass is 16.2. The van der Waals surface area contributed by atoms with Gasteiger partial charge < -0.3 is 20.1 Å². The Morgan fingerprint density at radius 2 is 1.78 bits per heavy atom. The summed E-state index contributed by atoms with van der Waals surface area (Å²) in [6.07, 6.45) is 2.30. The Labute approximate surface area is 218 Å². The maximum atomic E-state index is 13.2. The van der Waals surface area contributed by atoms with Crippen molar-refractivity contribution in [2.75, 3.05) is 32.1 Å². The third-order valence-corrected chi connectivity index (χ3v) is 7.37. The quantitative estimate of drug-likeness (QED) is 0.368. The molecule has 1 aliphatic rings. The van der Waals surface area contributed by atoms with Gasteiger partial charge in [0.05, 0.1) is 5.92 Å². The number of nitrogens with one attached hydrogen (secondary N) is 2. The van der Waals surface area contributed by atoms with Crippen LogP contribution in [0, 0.1) is 12.8 Å². The highest BCUT2D eigenvalue weighted by Crippen LogP contribution is 2.32. The highest BCUT2D eigenvalue weighted by molar-refractivity contribution is 5.89. The number of para-hydroxylation sites is 1. The number of hydrogen-bond donors (Lipinski definition) is 2. The molecule has 2 unspecified atom stereocenters. The van der Waals surface area contributed by atoms with Crippen molar-refractivity contribution < 1.29 is 9.59 Å². The van der Waals surface area contributed by atoms with Crippen LogP contribution in [0.5, 0.6) is 0 Å². The number of likely N-dealkylation sites (tertiary alicyclic amines) is 1. The number of benzene rings is 3. The smallest absolute Gasteiger partial charge is 0.225 e. The van der Waals surface area contributed by atoms with Gasteiger partial charge in [-0.25, -0.2) is 0 Å². The first-order chi connectivity index (χ1) is 17.9. The summed E-state index contributed by atoms with van der Waals surface area (Å²) >= 11 is 0. The van der Waals surface area contributed by atoms with E-state index in [0.29, 0.717) is 19.6 Å². The molecule has 4 aromatic rings. The third kappa shape index (κ3) is 5.38. The van der Waals surface area contributed by atoms with Crippen LogP contribution in [0.25, 0.3) is 10.9 Å². The van der Waals surface area contributed by atoms with Crippen LogP contribution < -0.4 is 10.2 Å². The summed E-state index contributed by atoms with van der Waals surface area (Å²) in [4.78, 5) is 33.2. The van der Waals surface area contributed by atoms with E-state index in [4.69, 9.17) is 0 Å². The number of nitrogens with zero attached hydrogens (tertiary/aromatic N) is 2. The van der Waals surface area contributed by atoms with Gasteiger partial charge in [0.2, 0.25) is 11.8 Å². The number of carbonyl (C=O) groups excluding carboxylic acids is 2. The highest BCUT2D eigenvalue weighted by Gasteiger charge is 2.34. The van der Waals surface area contributed by atoms with Crippen LogP contribution in [0.1, 0.15) is 34.6 Å². The van der Waals surface area contributed by atoms with Crippen LogP contribution in [0.3, 0.4) is 0 Å². The molecule has 1 fully saturated rings. The molecule has 5 rings (SSSR count). The molecule has 2 heterocycles. The number of carbonyl (C=O) groups is 2. The Bertz CT molecular complexity index is 1390. The first kappa shape index (κ1) is 24.6. The largest absolute Gasteiger partial charge is 0.378 e. The van der Waals surface area contributed by atoms with Crippen molar-refractivity contribution in [1.82, 2.24) is 15.2 Å². The molecule has 6 nitrogen and oxygen atoms in total. The van der Waals surface area contributed by atoms with Crippen LogP contribution in [-0.2, 0) is 16.1 Å². The molecule has 0 aliphatic carbocycles. The fraction of sp³-hybridized carbons (Fsp3) is 0.290. The van der Waals surface area contributed by atoms with Crippen molar-refractivity contribution in [1.29, 1.82) is 0 Å². The number of aromatic nitrogens is 1. The monoisotopic (exact) mass is 494 g/mol. The van der Waals surface area contributed by atoms with Crippen LogP contribution in [-0.4, -0.2) is 48.9 Å². The Kier molecular flexibility index (Phi) is 6.99. The average Bonchev–Trinajstić information content (AvgIpc) is 3.49. The van der Waals surface area contributed by atoms with E-state index >= 15 is 0 Å². The van der Waals surface area contributed by atoms with Gasteiger partial charge in [-0.1, -0.05) is 60.2 Å². The molecule has 1 aliphatic heterocycles. The van der Waals surface area contributed by atoms with Gasteiger partial charge in [-0.05, 0) is 41.8 Å². The second-order valence-electron chi connectivity index (χ2n) is 10.2. The molecular formula is C31H34N4O2. The Morgan fingerprint density at radius 1 is 1.05 bits per heavy atom. The maximum absolute atomic E-state index is 13.2. The molecule has 0 bridgehead atoms. The SMILES string of the molecule is Cc1ccc(CN2CC(C(=O)NCC(c3ccc(N(C)C)cc3)c3c[nH]c4ccccc34)CC2=O)cc1. The Hall–Kier alpha value is -4.06. The number of amides is 2.